The molecular formula is C33H31N5O8. The highest BCUT2D eigenvalue weighted by Gasteiger charge is 2.54. The lowest BCUT2D eigenvalue weighted by molar-refractivity contribution is -0.141. The topological polar surface area (TPSA) is 193 Å². The minimum Gasteiger partial charge on any atom is -0.369 e. The Balaban J connectivity index is 1.29. The molecule has 13 heteroatoms. The van der Waals surface area contributed by atoms with Crippen molar-refractivity contribution in [2.24, 2.45) is 11.7 Å². The molecule has 2 aromatic rings. The molecule has 5 aliphatic rings. The van der Waals surface area contributed by atoms with E-state index < -0.39 is 64.8 Å². The molecule has 1 saturated carbocycles. The van der Waals surface area contributed by atoms with Crippen LogP contribution in [-0.2, 0) is 30.5 Å². The first kappa shape index (κ1) is 29.5. The zero-order valence-electron chi connectivity index (χ0n) is 25.0. The maximum absolute atomic E-state index is 14.1. The number of hydrogen-bond donors (Lipinski definition) is 3. The summed E-state index contributed by atoms with van der Waals surface area (Å²) in [5.74, 6) is -6.36. The van der Waals surface area contributed by atoms with Crippen molar-refractivity contribution in [1.82, 2.24) is 20.4 Å². The Kier molecular flexibility index (Phi) is 6.69. The number of nitrogens with zero attached hydrogens (tertiary/aromatic N) is 2. The minimum atomic E-state index is -1.61. The number of nitrogens with one attached hydrogen (secondary N) is 2. The van der Waals surface area contributed by atoms with Gasteiger partial charge in [-0.1, -0.05) is 24.3 Å². The summed E-state index contributed by atoms with van der Waals surface area (Å²) in [4.78, 5) is 106. The van der Waals surface area contributed by atoms with E-state index in [1.165, 1.54) is 17.9 Å². The van der Waals surface area contributed by atoms with E-state index in [0.717, 1.165) is 17.7 Å². The molecule has 0 bridgehead atoms. The van der Waals surface area contributed by atoms with Crippen molar-refractivity contribution in [1.29, 1.82) is 0 Å². The molecule has 2 aromatic carbocycles. The Bertz CT molecular complexity index is 1810. The van der Waals surface area contributed by atoms with Gasteiger partial charge >= 0.3 is 0 Å². The number of imide groups is 3. The lowest BCUT2D eigenvalue weighted by Crippen LogP contribution is -2.62. The predicted octanol–water partition coefficient (Wildman–Crippen LogP) is 1.00. The molecule has 0 aromatic heterocycles. The Hall–Kier alpha value is -5.20. The largest absolute Gasteiger partial charge is 0.369 e. The summed E-state index contributed by atoms with van der Waals surface area (Å²) in [5.41, 5.74) is 6.51. The fraction of sp³-hybridized carbons (Fsp3) is 0.394. The number of primary amides is 1. The lowest BCUT2D eigenvalue weighted by Gasteiger charge is -2.38. The fourth-order valence-corrected chi connectivity index (χ4v) is 7.63. The molecule has 2 saturated heterocycles. The van der Waals surface area contributed by atoms with Crippen molar-refractivity contribution < 1.29 is 38.4 Å². The highest BCUT2D eigenvalue weighted by atomic mass is 16.2. The van der Waals surface area contributed by atoms with Crippen LogP contribution in [0.1, 0.15) is 105 Å². The summed E-state index contributed by atoms with van der Waals surface area (Å²) < 4.78 is 0. The predicted molar refractivity (Wildman–Crippen MR) is 158 cm³/mol. The van der Waals surface area contributed by atoms with Gasteiger partial charge in [-0.25, -0.2) is 0 Å². The van der Waals surface area contributed by atoms with Crippen LogP contribution in [0, 0.1) is 5.92 Å². The molecular weight excluding hydrogens is 594 g/mol. The van der Waals surface area contributed by atoms with Crippen molar-refractivity contribution in [3.05, 3.63) is 69.8 Å². The Morgan fingerprint density at radius 1 is 0.848 bits per heavy atom. The normalized spacial score (nSPS) is 25.7. The monoisotopic (exact) mass is 625 g/mol. The number of hydrogen-bond acceptors (Lipinski definition) is 8. The van der Waals surface area contributed by atoms with E-state index in [-0.39, 0.29) is 60.7 Å². The van der Waals surface area contributed by atoms with E-state index in [2.05, 4.69) is 10.6 Å². The average Bonchev–Trinajstić information content (AvgIpc) is 3.74. The maximum Gasteiger partial charge on any atom is 0.262 e. The van der Waals surface area contributed by atoms with Crippen LogP contribution in [0.2, 0.25) is 0 Å². The lowest BCUT2D eigenvalue weighted by atomic mass is 9.74. The second-order valence-corrected chi connectivity index (χ2v) is 12.9. The summed E-state index contributed by atoms with van der Waals surface area (Å²) in [6, 6.07) is 9.01. The van der Waals surface area contributed by atoms with E-state index in [1.807, 2.05) is 6.07 Å². The van der Waals surface area contributed by atoms with E-state index in [9.17, 15) is 38.4 Å². The van der Waals surface area contributed by atoms with Crippen LogP contribution < -0.4 is 16.4 Å². The van der Waals surface area contributed by atoms with Gasteiger partial charge in [-0.15, -0.1) is 0 Å². The first-order chi connectivity index (χ1) is 21.9. The smallest absolute Gasteiger partial charge is 0.262 e. The summed E-state index contributed by atoms with van der Waals surface area (Å²) in [5, 5.41) is 4.52. The molecule has 4 heterocycles. The van der Waals surface area contributed by atoms with Crippen LogP contribution in [-0.4, -0.2) is 68.6 Å². The number of carbonyl (C=O) groups excluding carboxylic acids is 8. The Morgan fingerprint density at radius 3 is 2.17 bits per heavy atom. The average molecular weight is 626 g/mol. The van der Waals surface area contributed by atoms with Gasteiger partial charge in [0.2, 0.25) is 23.6 Å². The van der Waals surface area contributed by atoms with Crippen LogP contribution in [0.25, 0.3) is 0 Å². The van der Waals surface area contributed by atoms with Gasteiger partial charge in [-0.2, -0.15) is 0 Å². The Morgan fingerprint density at radius 2 is 1.52 bits per heavy atom. The van der Waals surface area contributed by atoms with E-state index in [0.29, 0.717) is 16.7 Å². The van der Waals surface area contributed by atoms with Gasteiger partial charge in [0, 0.05) is 30.9 Å². The number of benzene rings is 2. The number of amides is 8. The number of nitrogens with two attached hydrogens (primary N) is 1. The summed E-state index contributed by atoms with van der Waals surface area (Å²) in [7, 11) is 0. The molecule has 8 amide bonds. The zero-order valence-corrected chi connectivity index (χ0v) is 25.0. The van der Waals surface area contributed by atoms with Crippen molar-refractivity contribution in [3.8, 4) is 0 Å². The maximum atomic E-state index is 14.1. The highest BCUT2D eigenvalue weighted by Crippen LogP contribution is 2.53. The van der Waals surface area contributed by atoms with Crippen molar-refractivity contribution in [2.75, 3.05) is 0 Å². The standard InChI is InChI=1S/C33H31N5O8/c1-33(13-12-23(40)36-32(33)46)38-30(44)19-7-3-6-18(25(19)31(38)45)26(27(34)41)24(15-8-9-15)16-4-2-5-17-20(16)14-37(29(17)43)21-10-11-22(39)35-28(21)42/h2-7,15,21,24,26H,8-14H2,1H3,(H2,34,41)(H,35,39,42)(H,36,40,46). The third-order valence-electron chi connectivity index (χ3n) is 10.1. The fourth-order valence-electron chi connectivity index (χ4n) is 7.63. The van der Waals surface area contributed by atoms with Gasteiger partial charge in [0.05, 0.1) is 17.0 Å². The number of rotatable bonds is 7. The van der Waals surface area contributed by atoms with Gasteiger partial charge < -0.3 is 10.6 Å². The molecule has 4 atom stereocenters. The van der Waals surface area contributed by atoms with Crippen molar-refractivity contribution in [3.63, 3.8) is 0 Å². The van der Waals surface area contributed by atoms with Crippen molar-refractivity contribution in [2.45, 2.75) is 75.4 Å². The minimum absolute atomic E-state index is 0.0123. The zero-order chi connectivity index (χ0) is 32.7. The van der Waals surface area contributed by atoms with Gasteiger partial charge in [0.1, 0.15) is 11.6 Å². The molecule has 4 aliphatic heterocycles. The molecule has 46 heavy (non-hydrogen) atoms. The molecule has 7 rings (SSSR count). The quantitative estimate of drug-likeness (QED) is 0.379. The van der Waals surface area contributed by atoms with E-state index in [1.54, 1.807) is 24.3 Å². The third-order valence-corrected chi connectivity index (χ3v) is 10.1. The first-order valence-electron chi connectivity index (χ1n) is 15.3. The molecule has 13 nitrogen and oxygen atoms in total. The second kappa shape index (κ2) is 10.4. The van der Waals surface area contributed by atoms with Crippen LogP contribution in [0.15, 0.2) is 36.4 Å². The van der Waals surface area contributed by atoms with Crippen molar-refractivity contribution >= 4 is 47.3 Å². The first-order valence-corrected chi connectivity index (χ1v) is 15.3. The number of piperidine rings is 2. The molecule has 4 N–H and O–H groups in total. The van der Waals surface area contributed by atoms with Crippen LogP contribution in [0.4, 0.5) is 0 Å². The number of fused-ring (bicyclic) bond motifs is 2. The second-order valence-electron chi connectivity index (χ2n) is 12.9. The molecule has 1 aliphatic carbocycles. The van der Waals surface area contributed by atoms with Gasteiger partial charge in [-0.3, -0.25) is 53.9 Å². The van der Waals surface area contributed by atoms with Gasteiger partial charge in [0.25, 0.3) is 23.6 Å². The SMILES string of the molecule is CC1(N2C(=O)c3cccc(C(C(N)=O)C(c4cccc5c4CN(C4CCC(=O)NC4=O)C5=O)C4CC4)c3C2=O)CCC(=O)NC1=O. The van der Waals surface area contributed by atoms with E-state index in [4.69, 9.17) is 5.73 Å². The molecule has 236 valence electrons. The van der Waals surface area contributed by atoms with Crippen LogP contribution >= 0.6 is 0 Å². The van der Waals surface area contributed by atoms with Gasteiger partial charge in [0.15, 0.2) is 0 Å². The molecule has 0 spiro atoms. The van der Waals surface area contributed by atoms with Gasteiger partial charge in [-0.05, 0) is 67.3 Å². The summed E-state index contributed by atoms with van der Waals surface area (Å²) in [6.45, 7) is 1.53. The summed E-state index contributed by atoms with van der Waals surface area (Å²) >= 11 is 0. The molecule has 0 radical (unpaired) electrons. The van der Waals surface area contributed by atoms with Crippen LogP contribution in [0.3, 0.4) is 0 Å². The van der Waals surface area contributed by atoms with Crippen LogP contribution in [0.5, 0.6) is 0 Å². The molecule has 4 unspecified atom stereocenters. The third kappa shape index (κ3) is 4.36. The molecule has 3 fully saturated rings. The van der Waals surface area contributed by atoms with E-state index >= 15 is 0 Å². The highest BCUT2D eigenvalue weighted by molar-refractivity contribution is 6.25. The number of carbonyl (C=O) groups is 8. The summed E-state index contributed by atoms with van der Waals surface area (Å²) in [6.07, 6.45) is 1.74. The Labute approximate surface area is 262 Å².